The highest BCUT2D eigenvalue weighted by molar-refractivity contribution is 7.80. The molecule has 0 bridgehead atoms. The number of nitrogens with one attached hydrogen (secondary N) is 5. The van der Waals surface area contributed by atoms with Gasteiger partial charge >= 0.3 is 6.03 Å². The number of anilines is 1. The highest BCUT2D eigenvalue weighted by atomic mass is 35.5. The van der Waals surface area contributed by atoms with Gasteiger partial charge in [0.25, 0.3) is 0 Å². The molecule has 0 aliphatic carbocycles. The predicted octanol–water partition coefficient (Wildman–Crippen LogP) is 5.38. The molecular formula is C25H32ClN5OS. The van der Waals surface area contributed by atoms with Gasteiger partial charge in [-0.3, -0.25) is 0 Å². The minimum atomic E-state index is -0.259. The molecule has 2 amide bonds. The number of carbonyl (C=O) groups is 1. The van der Waals surface area contributed by atoms with Crippen LogP contribution in [0.1, 0.15) is 38.3 Å². The van der Waals surface area contributed by atoms with E-state index in [0.29, 0.717) is 16.7 Å². The number of hydrogen-bond donors (Lipinski definition) is 5. The van der Waals surface area contributed by atoms with Gasteiger partial charge in [0.05, 0.1) is 0 Å². The van der Waals surface area contributed by atoms with Crippen LogP contribution in [-0.4, -0.2) is 34.8 Å². The lowest BCUT2D eigenvalue weighted by Gasteiger charge is -2.20. The minimum absolute atomic E-state index is 0.160. The number of para-hydroxylation sites is 1. The van der Waals surface area contributed by atoms with Crippen LogP contribution in [0.2, 0.25) is 5.02 Å². The second kappa shape index (κ2) is 11.4. The first-order valence-corrected chi connectivity index (χ1v) is 11.9. The lowest BCUT2D eigenvalue weighted by Crippen LogP contribution is -2.46. The maximum absolute atomic E-state index is 11.9. The Morgan fingerprint density at radius 2 is 1.82 bits per heavy atom. The van der Waals surface area contributed by atoms with Crippen LogP contribution in [0, 0.1) is 0 Å². The fourth-order valence-electron chi connectivity index (χ4n) is 3.57. The summed E-state index contributed by atoms with van der Waals surface area (Å²) in [5.74, 6) is 0. The van der Waals surface area contributed by atoms with Crippen molar-refractivity contribution in [1.82, 2.24) is 20.9 Å². The number of hydrogen-bond acceptors (Lipinski definition) is 2. The number of benzene rings is 2. The minimum Gasteiger partial charge on any atom is -0.362 e. The summed E-state index contributed by atoms with van der Waals surface area (Å²) in [7, 11) is 0. The Hall–Kier alpha value is -2.77. The molecule has 3 rings (SSSR count). The van der Waals surface area contributed by atoms with Crippen molar-refractivity contribution in [2.45, 2.75) is 45.6 Å². The van der Waals surface area contributed by atoms with E-state index < -0.39 is 0 Å². The van der Waals surface area contributed by atoms with Crippen molar-refractivity contribution in [3.8, 4) is 0 Å². The number of fused-ring (bicyclic) bond motifs is 1. The van der Waals surface area contributed by atoms with E-state index in [2.05, 4.69) is 44.6 Å². The number of carbonyl (C=O) groups excluding carboxylic acids is 1. The summed E-state index contributed by atoms with van der Waals surface area (Å²) < 4.78 is 0. The highest BCUT2D eigenvalue weighted by Crippen LogP contribution is 2.22. The fourth-order valence-corrected chi connectivity index (χ4v) is 3.98. The molecule has 3 aromatic rings. The van der Waals surface area contributed by atoms with Gasteiger partial charge < -0.3 is 26.3 Å². The van der Waals surface area contributed by atoms with Gasteiger partial charge in [-0.15, -0.1) is 0 Å². The molecule has 0 fully saturated rings. The molecule has 5 N–H and O–H groups in total. The Balaban J connectivity index is 1.47. The monoisotopic (exact) mass is 485 g/mol. The first-order chi connectivity index (χ1) is 15.7. The molecule has 0 spiro atoms. The summed E-state index contributed by atoms with van der Waals surface area (Å²) in [6.45, 7) is 7.15. The van der Waals surface area contributed by atoms with Gasteiger partial charge in [-0.25, -0.2) is 4.79 Å². The predicted molar refractivity (Wildman–Crippen MR) is 142 cm³/mol. The third-order valence-electron chi connectivity index (χ3n) is 5.07. The number of halogens is 1. The molecule has 33 heavy (non-hydrogen) atoms. The Bertz CT molecular complexity index is 1110. The molecule has 0 aliphatic heterocycles. The van der Waals surface area contributed by atoms with Crippen LogP contribution in [0.3, 0.4) is 0 Å². The maximum Gasteiger partial charge on any atom is 0.315 e. The summed E-state index contributed by atoms with van der Waals surface area (Å²) >= 11 is 11.7. The van der Waals surface area contributed by atoms with E-state index in [4.69, 9.17) is 23.8 Å². The zero-order valence-electron chi connectivity index (χ0n) is 19.3. The standard InChI is InChI=1S/C25H32ClN5OS/c1-25(2,3)31-23(32)27-13-6-7-17-15-19(26)10-11-21(17)30-24(33)28-14-12-18-16-29-22-9-5-4-8-20(18)22/h4-5,8-11,15-16,29H,6-7,12-14H2,1-3H3,(H2,27,31,32)(H2,28,30,33). The number of rotatable bonds is 8. The van der Waals surface area contributed by atoms with Crippen LogP contribution in [0.25, 0.3) is 10.9 Å². The molecule has 0 unspecified atom stereocenters. The van der Waals surface area contributed by atoms with E-state index in [0.717, 1.165) is 42.6 Å². The lowest BCUT2D eigenvalue weighted by molar-refractivity contribution is 0.232. The van der Waals surface area contributed by atoms with Crippen LogP contribution < -0.4 is 21.3 Å². The van der Waals surface area contributed by atoms with Gasteiger partial charge in [0.15, 0.2) is 5.11 Å². The van der Waals surface area contributed by atoms with Crippen LogP contribution in [0.5, 0.6) is 0 Å². The van der Waals surface area contributed by atoms with Crippen molar-refractivity contribution in [2.24, 2.45) is 0 Å². The highest BCUT2D eigenvalue weighted by Gasteiger charge is 2.13. The summed E-state index contributed by atoms with van der Waals surface area (Å²) in [5.41, 5.74) is 4.12. The molecule has 0 saturated heterocycles. The summed E-state index contributed by atoms with van der Waals surface area (Å²) in [5, 5.41) is 14.8. The fraction of sp³-hybridized carbons (Fsp3) is 0.360. The van der Waals surface area contributed by atoms with Gasteiger partial charge in [-0.05, 0) is 87.6 Å². The van der Waals surface area contributed by atoms with Crippen molar-refractivity contribution in [1.29, 1.82) is 0 Å². The van der Waals surface area contributed by atoms with E-state index >= 15 is 0 Å². The van der Waals surface area contributed by atoms with E-state index in [9.17, 15) is 4.79 Å². The maximum atomic E-state index is 11.9. The van der Waals surface area contributed by atoms with Crippen LogP contribution in [0.15, 0.2) is 48.7 Å². The van der Waals surface area contributed by atoms with Gasteiger partial charge in [0.1, 0.15) is 0 Å². The molecule has 0 radical (unpaired) electrons. The van der Waals surface area contributed by atoms with Gasteiger partial charge in [0.2, 0.25) is 0 Å². The molecule has 6 nitrogen and oxygen atoms in total. The van der Waals surface area contributed by atoms with E-state index in [1.54, 1.807) is 0 Å². The quantitative estimate of drug-likeness (QED) is 0.219. The van der Waals surface area contributed by atoms with Gasteiger partial charge in [-0.1, -0.05) is 29.8 Å². The number of urea groups is 1. The first-order valence-electron chi connectivity index (χ1n) is 11.2. The number of H-pyrrole nitrogens is 1. The SMILES string of the molecule is CC(C)(C)NC(=O)NCCCc1cc(Cl)ccc1NC(=S)NCCc1c[nH]c2ccccc12. The molecule has 0 aliphatic rings. The number of amides is 2. The zero-order valence-corrected chi connectivity index (χ0v) is 20.9. The smallest absolute Gasteiger partial charge is 0.315 e. The van der Waals surface area contributed by atoms with Crippen molar-refractivity contribution in [3.63, 3.8) is 0 Å². The Kier molecular flexibility index (Phi) is 8.58. The summed E-state index contributed by atoms with van der Waals surface area (Å²) in [6.07, 6.45) is 4.46. The van der Waals surface area contributed by atoms with Gasteiger partial charge in [0, 0.05) is 46.4 Å². The second-order valence-electron chi connectivity index (χ2n) is 9.03. The van der Waals surface area contributed by atoms with Crippen molar-refractivity contribution < 1.29 is 4.79 Å². The Morgan fingerprint density at radius 1 is 1.03 bits per heavy atom. The van der Waals surface area contributed by atoms with Crippen molar-refractivity contribution in [2.75, 3.05) is 18.4 Å². The normalized spacial score (nSPS) is 11.3. The number of aryl methyl sites for hydroxylation is 1. The van der Waals surface area contributed by atoms with Crippen molar-refractivity contribution >= 4 is 51.6 Å². The number of thiocarbonyl (C=S) groups is 1. The molecule has 1 heterocycles. The topological polar surface area (TPSA) is 81.0 Å². The molecular weight excluding hydrogens is 454 g/mol. The van der Waals surface area contributed by atoms with Crippen LogP contribution in [0.4, 0.5) is 10.5 Å². The van der Waals surface area contributed by atoms with Crippen LogP contribution in [-0.2, 0) is 12.8 Å². The third kappa shape index (κ3) is 7.94. The van der Waals surface area contributed by atoms with E-state index in [1.165, 1.54) is 10.9 Å². The van der Waals surface area contributed by atoms with Gasteiger partial charge in [-0.2, -0.15) is 0 Å². The van der Waals surface area contributed by atoms with Crippen molar-refractivity contribution in [3.05, 3.63) is 64.8 Å². The summed E-state index contributed by atoms with van der Waals surface area (Å²) in [4.78, 5) is 15.2. The Morgan fingerprint density at radius 3 is 2.61 bits per heavy atom. The second-order valence-corrected chi connectivity index (χ2v) is 9.87. The van der Waals surface area contributed by atoms with Crippen LogP contribution >= 0.6 is 23.8 Å². The molecule has 0 saturated carbocycles. The van der Waals surface area contributed by atoms with E-state index in [-0.39, 0.29) is 11.6 Å². The number of aromatic amines is 1. The average molecular weight is 486 g/mol. The molecule has 176 valence electrons. The molecule has 8 heteroatoms. The number of aromatic nitrogens is 1. The Labute approximate surface area is 205 Å². The van der Waals surface area contributed by atoms with E-state index in [1.807, 2.05) is 51.1 Å². The first kappa shape index (κ1) is 24.9. The lowest BCUT2D eigenvalue weighted by atomic mass is 10.1. The summed E-state index contributed by atoms with van der Waals surface area (Å²) in [6, 6.07) is 13.8. The molecule has 0 atom stereocenters. The zero-order chi connectivity index (χ0) is 23.8. The molecule has 2 aromatic carbocycles. The average Bonchev–Trinajstić information content (AvgIpc) is 3.15. The largest absolute Gasteiger partial charge is 0.362 e. The third-order valence-corrected chi connectivity index (χ3v) is 5.55. The molecule has 1 aromatic heterocycles.